The van der Waals surface area contributed by atoms with Crippen molar-refractivity contribution in [3.63, 3.8) is 0 Å². The van der Waals surface area contributed by atoms with Crippen LogP contribution in [-0.2, 0) is 12.8 Å². The number of fused-ring (bicyclic) bond motifs is 1. The summed E-state index contributed by atoms with van der Waals surface area (Å²) in [7, 11) is 0. The quantitative estimate of drug-likeness (QED) is 0.734. The number of aryl methyl sites for hydroxylation is 1. The normalized spacial score (nSPS) is 18.0. The van der Waals surface area contributed by atoms with Gasteiger partial charge in [-0.05, 0) is 57.5 Å². The molecule has 2 heterocycles. The Morgan fingerprint density at radius 2 is 1.88 bits per heavy atom. The van der Waals surface area contributed by atoms with Gasteiger partial charge in [-0.15, -0.1) is 0 Å². The van der Waals surface area contributed by atoms with E-state index in [0.717, 1.165) is 62.0 Å². The molecule has 1 saturated heterocycles. The molecule has 1 aliphatic heterocycles. The smallest absolute Gasteiger partial charge is 0.220 e. The fourth-order valence-electron chi connectivity index (χ4n) is 3.98. The number of aromatic nitrogens is 2. The molecule has 4 heteroatoms. The maximum Gasteiger partial charge on any atom is 0.220 e. The third kappa shape index (κ3) is 4.07. The molecule has 1 fully saturated rings. The highest BCUT2D eigenvalue weighted by Gasteiger charge is 2.21. The van der Waals surface area contributed by atoms with Crippen LogP contribution >= 0.6 is 0 Å². The predicted molar refractivity (Wildman–Crippen MR) is 104 cm³/mol. The van der Waals surface area contributed by atoms with E-state index in [1.165, 1.54) is 37.2 Å². The second kappa shape index (κ2) is 8.17. The van der Waals surface area contributed by atoms with Crippen molar-refractivity contribution in [2.45, 2.75) is 45.4 Å². The van der Waals surface area contributed by atoms with Gasteiger partial charge in [0, 0.05) is 17.7 Å². The number of rotatable bonds is 6. The number of hydrogen-bond acceptors (Lipinski definition) is 4. The molecular weight excluding hydrogens is 322 g/mol. The molecule has 2 aromatic rings. The first-order valence-electron chi connectivity index (χ1n) is 10.1. The number of nitrogens with zero attached hydrogens (tertiary/aromatic N) is 3. The van der Waals surface area contributed by atoms with E-state index in [0.29, 0.717) is 0 Å². The van der Waals surface area contributed by atoms with Crippen LogP contribution in [0.2, 0.25) is 0 Å². The third-order valence-electron chi connectivity index (χ3n) is 5.66. The van der Waals surface area contributed by atoms with E-state index < -0.39 is 0 Å². The van der Waals surface area contributed by atoms with Crippen LogP contribution in [0.4, 0.5) is 0 Å². The zero-order chi connectivity index (χ0) is 17.8. The Kier molecular flexibility index (Phi) is 5.49. The highest BCUT2D eigenvalue weighted by atomic mass is 16.5. The van der Waals surface area contributed by atoms with Gasteiger partial charge in [0.15, 0.2) is 5.82 Å². The maximum atomic E-state index is 6.15. The van der Waals surface area contributed by atoms with Crippen LogP contribution in [0.3, 0.4) is 0 Å². The van der Waals surface area contributed by atoms with Gasteiger partial charge in [0.2, 0.25) is 5.88 Å². The zero-order valence-electron chi connectivity index (χ0n) is 15.8. The molecule has 0 bridgehead atoms. The molecule has 4 rings (SSSR count). The molecule has 0 spiro atoms. The molecule has 4 nitrogen and oxygen atoms in total. The van der Waals surface area contributed by atoms with Crippen LogP contribution in [-0.4, -0.2) is 41.1 Å². The van der Waals surface area contributed by atoms with Gasteiger partial charge < -0.3 is 9.64 Å². The fourth-order valence-corrected chi connectivity index (χ4v) is 3.98. The average Bonchev–Trinajstić information content (AvgIpc) is 3.16. The fraction of sp³-hybridized carbons (Fsp3) is 0.545. The van der Waals surface area contributed by atoms with Crippen LogP contribution in [0, 0.1) is 5.92 Å². The first kappa shape index (κ1) is 17.5. The molecule has 26 heavy (non-hydrogen) atoms. The summed E-state index contributed by atoms with van der Waals surface area (Å²) in [4.78, 5) is 12.1. The summed E-state index contributed by atoms with van der Waals surface area (Å²) in [5.74, 6) is 2.51. The lowest BCUT2D eigenvalue weighted by molar-refractivity contribution is 0.176. The first-order valence-corrected chi connectivity index (χ1v) is 10.1. The van der Waals surface area contributed by atoms with E-state index in [9.17, 15) is 0 Å². The number of benzene rings is 1. The molecule has 0 atom stereocenters. The lowest BCUT2D eigenvalue weighted by atomic mass is 9.99. The highest BCUT2D eigenvalue weighted by molar-refractivity contribution is 5.56. The Bertz CT molecular complexity index is 724. The molecule has 138 valence electrons. The molecule has 1 aromatic heterocycles. The summed E-state index contributed by atoms with van der Waals surface area (Å²) in [5.41, 5.74) is 3.48. The molecule has 0 unspecified atom stereocenters. The van der Waals surface area contributed by atoms with E-state index in [2.05, 4.69) is 24.0 Å². The van der Waals surface area contributed by atoms with Gasteiger partial charge in [0.05, 0.1) is 12.3 Å². The molecule has 1 aromatic carbocycles. The SMILES string of the molecule is CC1CCN(CCCOc2nc(-c3ccccc3)nc3c2CCC3)CC1. The molecule has 1 aliphatic carbocycles. The van der Waals surface area contributed by atoms with Crippen molar-refractivity contribution >= 4 is 0 Å². The van der Waals surface area contributed by atoms with Crippen LogP contribution < -0.4 is 4.74 Å². The van der Waals surface area contributed by atoms with Gasteiger partial charge in [-0.3, -0.25) is 0 Å². The predicted octanol–water partition coefficient (Wildman–Crippen LogP) is 4.13. The Labute approximate surface area is 156 Å². The summed E-state index contributed by atoms with van der Waals surface area (Å²) in [5, 5.41) is 0. The number of piperidine rings is 1. The highest BCUT2D eigenvalue weighted by Crippen LogP contribution is 2.30. The molecule has 0 N–H and O–H groups in total. The van der Waals surface area contributed by atoms with Gasteiger partial charge >= 0.3 is 0 Å². The minimum Gasteiger partial charge on any atom is -0.477 e. The van der Waals surface area contributed by atoms with E-state index >= 15 is 0 Å². The van der Waals surface area contributed by atoms with Crippen molar-refractivity contribution in [3.8, 4) is 17.3 Å². The van der Waals surface area contributed by atoms with Gasteiger partial charge in [-0.1, -0.05) is 37.3 Å². The van der Waals surface area contributed by atoms with Crippen molar-refractivity contribution in [1.82, 2.24) is 14.9 Å². The Balaban J connectivity index is 1.39. The lowest BCUT2D eigenvalue weighted by Gasteiger charge is -2.30. The maximum absolute atomic E-state index is 6.15. The Hall–Kier alpha value is -1.94. The summed E-state index contributed by atoms with van der Waals surface area (Å²) in [6, 6.07) is 10.2. The Morgan fingerprint density at radius 3 is 2.69 bits per heavy atom. The molecule has 0 amide bonds. The summed E-state index contributed by atoms with van der Waals surface area (Å²) in [6.07, 6.45) is 6.98. The lowest BCUT2D eigenvalue weighted by Crippen LogP contribution is -2.34. The third-order valence-corrected chi connectivity index (χ3v) is 5.66. The second-order valence-corrected chi connectivity index (χ2v) is 7.72. The minimum absolute atomic E-state index is 0.740. The topological polar surface area (TPSA) is 38.2 Å². The summed E-state index contributed by atoms with van der Waals surface area (Å²) >= 11 is 0. The Morgan fingerprint density at radius 1 is 1.08 bits per heavy atom. The summed E-state index contributed by atoms with van der Waals surface area (Å²) < 4.78 is 6.15. The zero-order valence-corrected chi connectivity index (χ0v) is 15.8. The van der Waals surface area contributed by atoms with E-state index in [4.69, 9.17) is 14.7 Å². The van der Waals surface area contributed by atoms with Gasteiger partial charge in [0.1, 0.15) is 0 Å². The van der Waals surface area contributed by atoms with Gasteiger partial charge in [-0.2, -0.15) is 4.98 Å². The van der Waals surface area contributed by atoms with Crippen LogP contribution in [0.5, 0.6) is 5.88 Å². The largest absolute Gasteiger partial charge is 0.477 e. The van der Waals surface area contributed by atoms with Crippen molar-refractivity contribution in [2.75, 3.05) is 26.2 Å². The average molecular weight is 351 g/mol. The second-order valence-electron chi connectivity index (χ2n) is 7.72. The first-order chi connectivity index (χ1) is 12.8. The number of likely N-dealkylation sites (tertiary alicyclic amines) is 1. The molecule has 0 radical (unpaired) electrons. The molecule has 0 saturated carbocycles. The van der Waals surface area contributed by atoms with E-state index in [-0.39, 0.29) is 0 Å². The monoisotopic (exact) mass is 351 g/mol. The van der Waals surface area contributed by atoms with Crippen LogP contribution in [0.15, 0.2) is 30.3 Å². The van der Waals surface area contributed by atoms with Crippen molar-refractivity contribution < 1.29 is 4.74 Å². The van der Waals surface area contributed by atoms with Gasteiger partial charge in [0.25, 0.3) is 0 Å². The van der Waals surface area contributed by atoms with Crippen LogP contribution in [0.25, 0.3) is 11.4 Å². The van der Waals surface area contributed by atoms with Crippen molar-refractivity contribution in [2.24, 2.45) is 5.92 Å². The number of hydrogen-bond donors (Lipinski definition) is 0. The number of ether oxygens (including phenoxy) is 1. The van der Waals surface area contributed by atoms with Crippen LogP contribution in [0.1, 0.15) is 43.9 Å². The van der Waals surface area contributed by atoms with E-state index in [1.54, 1.807) is 0 Å². The minimum atomic E-state index is 0.740. The standard InChI is InChI=1S/C22H29N3O/c1-17-11-14-25(15-12-17)13-6-16-26-22-19-9-5-10-20(19)23-21(24-22)18-7-3-2-4-8-18/h2-4,7-8,17H,5-6,9-16H2,1H3. The van der Waals surface area contributed by atoms with Gasteiger partial charge in [-0.25, -0.2) is 4.98 Å². The van der Waals surface area contributed by atoms with Crippen molar-refractivity contribution in [3.05, 3.63) is 41.6 Å². The summed E-state index contributed by atoms with van der Waals surface area (Å²) in [6.45, 7) is 6.71. The molecular formula is C22H29N3O. The van der Waals surface area contributed by atoms with Crippen molar-refractivity contribution in [1.29, 1.82) is 0 Å². The molecule has 2 aliphatic rings. The van der Waals surface area contributed by atoms with E-state index in [1.807, 2.05) is 18.2 Å².